The lowest BCUT2D eigenvalue weighted by Crippen LogP contribution is -2.07. The number of carbonyl (C=O) groups is 1. The number of hydrogen-bond acceptors (Lipinski definition) is 5. The fraction of sp³-hybridized carbons (Fsp3) is 0.118. The highest BCUT2D eigenvalue weighted by Gasteiger charge is 2.19. The molecule has 115 valence electrons. The fourth-order valence-corrected chi connectivity index (χ4v) is 2.66. The molecule has 0 amide bonds. The smallest absolute Gasteiger partial charge is 0.258 e. The number of benzene rings is 2. The van der Waals surface area contributed by atoms with Crippen LogP contribution in [-0.4, -0.2) is 22.2 Å². The van der Waals surface area contributed by atoms with Crippen molar-refractivity contribution in [3.63, 3.8) is 0 Å². The van der Waals surface area contributed by atoms with Crippen LogP contribution in [0.2, 0.25) is 0 Å². The second kappa shape index (κ2) is 6.75. The van der Waals surface area contributed by atoms with Gasteiger partial charge in [-0.3, -0.25) is 4.79 Å². The van der Waals surface area contributed by atoms with E-state index in [-0.39, 0.29) is 23.3 Å². The third-order valence-electron chi connectivity index (χ3n) is 3.22. The number of hydrogen-bond donors (Lipinski definition) is 0. The first-order valence-corrected chi connectivity index (χ1v) is 8.20. The molecule has 0 aliphatic carbocycles. The van der Waals surface area contributed by atoms with E-state index in [0.29, 0.717) is 16.9 Å². The van der Waals surface area contributed by atoms with Gasteiger partial charge in [0.15, 0.2) is 0 Å². The minimum atomic E-state index is -0.355. The highest BCUT2D eigenvalue weighted by atomic mass is 32.2. The molecule has 23 heavy (non-hydrogen) atoms. The van der Waals surface area contributed by atoms with Crippen LogP contribution in [0, 0.1) is 11.9 Å². The minimum Gasteiger partial charge on any atom is -0.333 e. The molecule has 6 heteroatoms. The van der Waals surface area contributed by atoms with E-state index in [0.717, 1.165) is 5.56 Å². The van der Waals surface area contributed by atoms with Crippen LogP contribution in [0.5, 0.6) is 0 Å². The van der Waals surface area contributed by atoms with E-state index in [1.165, 1.54) is 24.3 Å². The van der Waals surface area contributed by atoms with Gasteiger partial charge in [-0.05, 0) is 48.2 Å². The molecule has 0 saturated carbocycles. The predicted molar refractivity (Wildman–Crippen MR) is 85.6 cm³/mol. The number of aromatic nitrogens is 2. The zero-order valence-electron chi connectivity index (χ0n) is 12.2. The van der Waals surface area contributed by atoms with Crippen molar-refractivity contribution in [1.82, 2.24) is 10.1 Å². The van der Waals surface area contributed by atoms with Gasteiger partial charge in [-0.25, -0.2) is 4.39 Å². The van der Waals surface area contributed by atoms with Crippen molar-refractivity contribution >= 4 is 17.5 Å². The molecule has 0 fully saturated rings. The molecule has 0 aliphatic heterocycles. The molecule has 0 bridgehead atoms. The Kier molecular flexibility index (Phi) is 4.52. The van der Waals surface area contributed by atoms with Crippen molar-refractivity contribution in [1.29, 1.82) is 0 Å². The number of ketones is 1. The SMILES string of the molecule is CSCc1cc[c]cc1C(=O)c1noc(-c2ccc(F)cc2)n1. The van der Waals surface area contributed by atoms with Gasteiger partial charge >= 0.3 is 0 Å². The Balaban J connectivity index is 1.91. The molecule has 3 aromatic rings. The van der Waals surface area contributed by atoms with Gasteiger partial charge in [-0.2, -0.15) is 16.7 Å². The van der Waals surface area contributed by atoms with E-state index >= 15 is 0 Å². The van der Waals surface area contributed by atoms with Gasteiger partial charge in [-0.1, -0.05) is 17.3 Å². The predicted octanol–water partition coefficient (Wildman–Crippen LogP) is 3.77. The van der Waals surface area contributed by atoms with Crippen LogP contribution in [0.3, 0.4) is 0 Å². The average molecular weight is 327 g/mol. The maximum Gasteiger partial charge on any atom is 0.258 e. The Morgan fingerprint density at radius 1 is 1.30 bits per heavy atom. The molecule has 2 aromatic carbocycles. The van der Waals surface area contributed by atoms with Crippen LogP contribution in [0.15, 0.2) is 47.0 Å². The summed E-state index contributed by atoms with van der Waals surface area (Å²) < 4.78 is 18.1. The van der Waals surface area contributed by atoms with Gasteiger partial charge in [0.1, 0.15) is 5.82 Å². The number of nitrogens with zero attached hydrogens (tertiary/aromatic N) is 2. The molecule has 0 atom stereocenters. The number of rotatable bonds is 5. The second-order valence-electron chi connectivity index (χ2n) is 4.78. The molecular weight excluding hydrogens is 315 g/mol. The van der Waals surface area contributed by atoms with Gasteiger partial charge in [0.25, 0.3) is 5.89 Å². The third kappa shape index (κ3) is 3.32. The summed E-state index contributed by atoms with van der Waals surface area (Å²) in [6.07, 6.45) is 1.96. The number of carbonyl (C=O) groups excluding carboxylic acids is 1. The van der Waals surface area contributed by atoms with E-state index in [4.69, 9.17) is 4.52 Å². The van der Waals surface area contributed by atoms with Crippen LogP contribution in [0.4, 0.5) is 4.39 Å². The maximum absolute atomic E-state index is 12.9. The van der Waals surface area contributed by atoms with Gasteiger partial charge < -0.3 is 4.52 Å². The Morgan fingerprint density at radius 2 is 2.09 bits per heavy atom. The standard InChI is InChI=1S/C17H12FN2O2S/c1-23-10-12-4-2-3-5-14(12)15(21)16-19-17(22-20-16)11-6-8-13(18)9-7-11/h2,4-9H,10H2,1H3. The summed E-state index contributed by atoms with van der Waals surface area (Å²) in [5, 5.41) is 3.74. The van der Waals surface area contributed by atoms with Crippen molar-refractivity contribution in [3.05, 3.63) is 71.3 Å². The van der Waals surface area contributed by atoms with E-state index in [1.54, 1.807) is 23.9 Å². The van der Waals surface area contributed by atoms with Crippen molar-refractivity contribution in [3.8, 4) is 11.5 Å². The Bertz CT molecular complexity index is 831. The van der Waals surface area contributed by atoms with E-state index in [2.05, 4.69) is 16.2 Å². The topological polar surface area (TPSA) is 56.0 Å². The molecule has 1 heterocycles. The van der Waals surface area contributed by atoms with Crippen LogP contribution in [0.25, 0.3) is 11.5 Å². The number of halogens is 1. The lowest BCUT2D eigenvalue weighted by atomic mass is 10.0. The minimum absolute atomic E-state index is 0.0220. The first kappa shape index (κ1) is 15.4. The van der Waals surface area contributed by atoms with Crippen LogP contribution in [-0.2, 0) is 5.75 Å². The summed E-state index contributed by atoms with van der Waals surface area (Å²) >= 11 is 1.62. The lowest BCUT2D eigenvalue weighted by molar-refractivity contribution is 0.102. The van der Waals surface area contributed by atoms with E-state index in [9.17, 15) is 9.18 Å². The lowest BCUT2D eigenvalue weighted by Gasteiger charge is -2.04. The van der Waals surface area contributed by atoms with Crippen molar-refractivity contribution < 1.29 is 13.7 Å². The summed E-state index contributed by atoms with van der Waals surface area (Å²) in [7, 11) is 0. The van der Waals surface area contributed by atoms with Crippen LogP contribution >= 0.6 is 11.8 Å². The summed E-state index contributed by atoms with van der Waals surface area (Å²) in [6.45, 7) is 0. The van der Waals surface area contributed by atoms with E-state index < -0.39 is 0 Å². The van der Waals surface area contributed by atoms with Crippen molar-refractivity contribution in [2.45, 2.75) is 5.75 Å². The highest BCUT2D eigenvalue weighted by Crippen LogP contribution is 2.21. The fourth-order valence-electron chi connectivity index (χ4n) is 2.10. The van der Waals surface area contributed by atoms with Crippen molar-refractivity contribution in [2.24, 2.45) is 0 Å². The summed E-state index contributed by atoms with van der Waals surface area (Å²) in [4.78, 5) is 16.7. The number of thioether (sulfide) groups is 1. The Labute approximate surface area is 136 Å². The van der Waals surface area contributed by atoms with E-state index in [1.807, 2.05) is 12.3 Å². The van der Waals surface area contributed by atoms with Gasteiger partial charge in [0.2, 0.25) is 11.6 Å². The molecule has 0 saturated heterocycles. The molecule has 1 aromatic heterocycles. The zero-order chi connectivity index (χ0) is 16.2. The molecule has 0 aliphatic rings. The highest BCUT2D eigenvalue weighted by molar-refractivity contribution is 7.97. The monoisotopic (exact) mass is 327 g/mol. The largest absolute Gasteiger partial charge is 0.333 e. The third-order valence-corrected chi connectivity index (χ3v) is 3.82. The molecule has 0 spiro atoms. The average Bonchev–Trinajstić information content (AvgIpc) is 3.06. The Morgan fingerprint density at radius 3 is 2.83 bits per heavy atom. The summed E-state index contributed by atoms with van der Waals surface area (Å²) in [6, 6.07) is 13.8. The van der Waals surface area contributed by atoms with Crippen LogP contribution in [0.1, 0.15) is 21.7 Å². The molecule has 4 nitrogen and oxygen atoms in total. The van der Waals surface area contributed by atoms with Gasteiger partial charge in [0.05, 0.1) is 0 Å². The first-order valence-electron chi connectivity index (χ1n) is 6.81. The second-order valence-corrected chi connectivity index (χ2v) is 5.64. The first-order chi connectivity index (χ1) is 11.2. The summed E-state index contributed by atoms with van der Waals surface area (Å²) in [5.41, 5.74) is 1.96. The van der Waals surface area contributed by atoms with Gasteiger partial charge in [-0.15, -0.1) is 0 Å². The van der Waals surface area contributed by atoms with Gasteiger partial charge in [0, 0.05) is 16.9 Å². The maximum atomic E-state index is 12.9. The molecule has 1 radical (unpaired) electrons. The molecule has 0 unspecified atom stereocenters. The quantitative estimate of drug-likeness (QED) is 0.668. The zero-order valence-corrected chi connectivity index (χ0v) is 13.1. The molecular formula is C17H12FN2O2S. The Hall–Kier alpha value is -2.47. The molecule has 3 rings (SSSR count). The molecule has 0 N–H and O–H groups in total. The normalized spacial score (nSPS) is 10.7. The van der Waals surface area contributed by atoms with Crippen LogP contribution < -0.4 is 0 Å². The summed E-state index contributed by atoms with van der Waals surface area (Å²) in [5.74, 6) is 0.193. The van der Waals surface area contributed by atoms with Crippen molar-refractivity contribution in [2.75, 3.05) is 6.26 Å².